The number of aryl methyl sites for hydroxylation is 1. The Bertz CT molecular complexity index is 1120. The molecule has 2 aromatic heterocycles. The monoisotopic (exact) mass is 377 g/mol. The van der Waals surface area contributed by atoms with E-state index in [1.807, 2.05) is 0 Å². The number of pyridine rings is 1. The van der Waals surface area contributed by atoms with Gasteiger partial charge in [0.1, 0.15) is 11.6 Å². The molecule has 7 nitrogen and oxygen atoms in total. The Morgan fingerprint density at radius 3 is 2.57 bits per heavy atom. The number of benzene rings is 1. The molecule has 0 atom stereocenters. The van der Waals surface area contributed by atoms with Crippen LogP contribution in [0, 0.1) is 24.6 Å². The molecular formula is C20H16FN5O2. The second-order valence-electron chi connectivity index (χ2n) is 5.80. The van der Waals surface area contributed by atoms with Crippen LogP contribution < -0.4 is 11.5 Å². The van der Waals surface area contributed by atoms with Gasteiger partial charge in [0.25, 0.3) is 0 Å². The van der Waals surface area contributed by atoms with E-state index in [9.17, 15) is 9.18 Å². The molecule has 0 spiro atoms. The zero-order valence-corrected chi connectivity index (χ0v) is 15.2. The summed E-state index contributed by atoms with van der Waals surface area (Å²) < 4.78 is 18.9. The molecule has 0 radical (unpaired) electrons. The van der Waals surface area contributed by atoms with Gasteiger partial charge in [0.15, 0.2) is 0 Å². The lowest BCUT2D eigenvalue weighted by Crippen LogP contribution is -2.06. The third-order valence-electron chi connectivity index (χ3n) is 3.87. The molecule has 2 heterocycles. The SMILES string of the molecule is COC(=O)c1ccc(-c2nc(N)nc(C)c2C#Cc2ccc(N)nc2)cc1F. The Morgan fingerprint density at radius 1 is 1.14 bits per heavy atom. The fraction of sp³-hybridized carbons (Fsp3) is 0.100. The van der Waals surface area contributed by atoms with Crippen LogP contribution in [0.4, 0.5) is 16.2 Å². The number of rotatable bonds is 2. The van der Waals surface area contributed by atoms with Crippen LogP contribution in [0.5, 0.6) is 0 Å². The minimum Gasteiger partial charge on any atom is -0.465 e. The highest BCUT2D eigenvalue weighted by atomic mass is 19.1. The molecule has 0 aliphatic rings. The number of nitrogens with two attached hydrogens (primary N) is 2. The first kappa shape index (κ1) is 18.8. The van der Waals surface area contributed by atoms with E-state index < -0.39 is 11.8 Å². The molecule has 28 heavy (non-hydrogen) atoms. The number of nitrogen functional groups attached to an aromatic ring is 2. The number of nitrogens with zero attached hydrogens (tertiary/aromatic N) is 3. The van der Waals surface area contributed by atoms with Crippen LogP contribution in [-0.4, -0.2) is 28.0 Å². The number of hydrogen-bond acceptors (Lipinski definition) is 7. The summed E-state index contributed by atoms with van der Waals surface area (Å²) in [5.74, 6) is 4.86. The van der Waals surface area contributed by atoms with E-state index in [1.165, 1.54) is 19.2 Å². The van der Waals surface area contributed by atoms with Crippen molar-refractivity contribution in [2.24, 2.45) is 0 Å². The first-order valence-electron chi connectivity index (χ1n) is 8.15. The van der Waals surface area contributed by atoms with Crippen molar-refractivity contribution < 1.29 is 13.9 Å². The molecule has 1 aromatic carbocycles. The van der Waals surface area contributed by atoms with Crippen LogP contribution in [0.3, 0.4) is 0 Å². The maximum absolute atomic E-state index is 14.4. The second-order valence-corrected chi connectivity index (χ2v) is 5.80. The number of anilines is 2. The fourth-order valence-electron chi connectivity index (χ4n) is 2.50. The molecule has 140 valence electrons. The molecule has 0 unspecified atom stereocenters. The second kappa shape index (κ2) is 7.72. The van der Waals surface area contributed by atoms with Gasteiger partial charge < -0.3 is 16.2 Å². The van der Waals surface area contributed by atoms with Gasteiger partial charge in [-0.1, -0.05) is 17.9 Å². The molecule has 0 aliphatic carbocycles. The van der Waals surface area contributed by atoms with E-state index in [1.54, 1.807) is 31.3 Å². The predicted octanol–water partition coefficient (Wildman–Crippen LogP) is 2.34. The summed E-state index contributed by atoms with van der Waals surface area (Å²) in [4.78, 5) is 23.9. The van der Waals surface area contributed by atoms with Crippen LogP contribution >= 0.6 is 0 Å². The zero-order chi connectivity index (χ0) is 20.3. The smallest absolute Gasteiger partial charge is 0.340 e. The van der Waals surface area contributed by atoms with E-state index in [2.05, 4.69) is 31.5 Å². The van der Waals surface area contributed by atoms with Gasteiger partial charge in [-0.15, -0.1) is 0 Å². The summed E-state index contributed by atoms with van der Waals surface area (Å²) in [6, 6.07) is 7.42. The lowest BCUT2D eigenvalue weighted by molar-refractivity contribution is 0.0595. The Labute approximate surface area is 160 Å². The molecule has 8 heteroatoms. The summed E-state index contributed by atoms with van der Waals surface area (Å²) in [5.41, 5.74) is 13.6. The number of ether oxygens (including phenoxy) is 1. The quantitative estimate of drug-likeness (QED) is 0.520. The summed E-state index contributed by atoms with van der Waals surface area (Å²) >= 11 is 0. The van der Waals surface area contributed by atoms with Crippen molar-refractivity contribution >= 4 is 17.7 Å². The average molecular weight is 377 g/mol. The molecule has 3 rings (SSSR count). The van der Waals surface area contributed by atoms with Gasteiger partial charge in [0, 0.05) is 17.3 Å². The van der Waals surface area contributed by atoms with Crippen molar-refractivity contribution in [1.82, 2.24) is 15.0 Å². The summed E-state index contributed by atoms with van der Waals surface area (Å²) in [6.45, 7) is 1.73. The number of methoxy groups -OCH3 is 1. The van der Waals surface area contributed by atoms with Crippen molar-refractivity contribution in [3.63, 3.8) is 0 Å². The van der Waals surface area contributed by atoms with Crippen molar-refractivity contribution in [2.75, 3.05) is 18.6 Å². The highest BCUT2D eigenvalue weighted by molar-refractivity contribution is 5.90. The van der Waals surface area contributed by atoms with Gasteiger partial charge in [-0.3, -0.25) is 0 Å². The molecular weight excluding hydrogens is 361 g/mol. The number of halogens is 1. The first-order chi connectivity index (χ1) is 13.4. The molecule has 3 aromatic rings. The minimum atomic E-state index is -0.765. The third kappa shape index (κ3) is 3.88. The van der Waals surface area contributed by atoms with Gasteiger partial charge in [0.2, 0.25) is 5.95 Å². The number of carbonyl (C=O) groups is 1. The lowest BCUT2D eigenvalue weighted by atomic mass is 10.0. The Morgan fingerprint density at radius 2 is 1.93 bits per heavy atom. The zero-order valence-electron chi connectivity index (χ0n) is 15.2. The van der Waals surface area contributed by atoms with Gasteiger partial charge in [-0.2, -0.15) is 0 Å². The number of carbonyl (C=O) groups excluding carboxylic acids is 1. The molecule has 0 fully saturated rings. The highest BCUT2D eigenvalue weighted by Gasteiger charge is 2.16. The fourth-order valence-corrected chi connectivity index (χ4v) is 2.50. The third-order valence-corrected chi connectivity index (χ3v) is 3.87. The van der Waals surface area contributed by atoms with Crippen molar-refractivity contribution in [2.45, 2.75) is 6.92 Å². The molecule has 0 aliphatic heterocycles. The summed E-state index contributed by atoms with van der Waals surface area (Å²) in [7, 11) is 1.18. The molecule has 0 saturated carbocycles. The number of esters is 1. The van der Waals surface area contributed by atoms with E-state index in [-0.39, 0.29) is 11.5 Å². The largest absolute Gasteiger partial charge is 0.465 e. The van der Waals surface area contributed by atoms with Crippen molar-refractivity contribution in [3.8, 4) is 23.1 Å². The Hall–Kier alpha value is -3.99. The van der Waals surface area contributed by atoms with Crippen LogP contribution in [0.25, 0.3) is 11.3 Å². The van der Waals surface area contributed by atoms with Crippen molar-refractivity contribution in [1.29, 1.82) is 0 Å². The van der Waals surface area contributed by atoms with Gasteiger partial charge >= 0.3 is 5.97 Å². The summed E-state index contributed by atoms with van der Waals surface area (Å²) in [6.07, 6.45) is 1.54. The van der Waals surface area contributed by atoms with Crippen molar-refractivity contribution in [3.05, 3.63) is 64.7 Å². The number of aromatic nitrogens is 3. The minimum absolute atomic E-state index is 0.0321. The van der Waals surface area contributed by atoms with Gasteiger partial charge in [-0.05, 0) is 31.2 Å². The molecule has 0 amide bonds. The Balaban J connectivity index is 2.11. The van der Waals surface area contributed by atoms with Crippen LogP contribution in [0.1, 0.15) is 27.2 Å². The average Bonchev–Trinajstić information content (AvgIpc) is 2.67. The van der Waals surface area contributed by atoms with E-state index in [4.69, 9.17) is 11.5 Å². The number of hydrogen-bond donors (Lipinski definition) is 2. The molecule has 0 bridgehead atoms. The first-order valence-corrected chi connectivity index (χ1v) is 8.15. The van der Waals surface area contributed by atoms with Gasteiger partial charge in [0.05, 0.1) is 29.6 Å². The van der Waals surface area contributed by atoms with Gasteiger partial charge in [-0.25, -0.2) is 24.1 Å². The Kier molecular flexibility index (Phi) is 5.18. The normalized spacial score (nSPS) is 10.1. The predicted molar refractivity (Wildman–Crippen MR) is 103 cm³/mol. The van der Waals surface area contributed by atoms with E-state index >= 15 is 0 Å². The highest BCUT2D eigenvalue weighted by Crippen LogP contribution is 2.26. The standard InChI is InChI=1S/C20H16FN5O2/c1-11-14(6-3-12-4-8-17(22)24-10-12)18(26-20(23)25-11)13-5-7-15(16(21)9-13)19(27)28-2/h4-5,7-10H,1-2H3,(H2,22,24)(H2,23,25,26). The van der Waals surface area contributed by atoms with E-state index in [0.29, 0.717) is 33.9 Å². The summed E-state index contributed by atoms with van der Waals surface area (Å²) in [5, 5.41) is 0. The molecule has 4 N–H and O–H groups in total. The van der Waals surface area contributed by atoms with Crippen LogP contribution in [0.2, 0.25) is 0 Å². The molecule has 0 saturated heterocycles. The van der Waals surface area contributed by atoms with Crippen LogP contribution in [0.15, 0.2) is 36.5 Å². The topological polar surface area (TPSA) is 117 Å². The maximum Gasteiger partial charge on any atom is 0.340 e. The lowest BCUT2D eigenvalue weighted by Gasteiger charge is -2.09. The van der Waals surface area contributed by atoms with E-state index in [0.717, 1.165) is 0 Å². The van der Waals surface area contributed by atoms with Crippen LogP contribution in [-0.2, 0) is 4.74 Å². The maximum atomic E-state index is 14.4.